The minimum absolute atomic E-state index is 0.0398. The maximum absolute atomic E-state index is 13.2. The number of nitrogens with zero attached hydrogens (tertiary/aromatic N) is 4. The zero-order valence-corrected chi connectivity index (χ0v) is 21.3. The second kappa shape index (κ2) is 11.7. The van der Waals surface area contributed by atoms with Crippen LogP contribution in [-0.2, 0) is 16.1 Å². The van der Waals surface area contributed by atoms with E-state index in [9.17, 15) is 19.6 Å². The molecule has 1 amide bonds. The number of aliphatic carboxylic acids is 1. The number of aromatic nitrogens is 1. The molecule has 34 heavy (non-hydrogen) atoms. The Labute approximate surface area is 209 Å². The first-order chi connectivity index (χ1) is 16.3. The van der Waals surface area contributed by atoms with Gasteiger partial charge >= 0.3 is 5.97 Å². The number of rotatable bonds is 8. The minimum Gasteiger partial charge on any atom is -0.481 e. The fourth-order valence-corrected chi connectivity index (χ4v) is 5.70. The van der Waals surface area contributed by atoms with Gasteiger partial charge in [0.2, 0.25) is 0 Å². The standard InChI is InChI=1S/C24H30N4O4S2/c1-3-10-27-21(26-11-6-4-5-7-12-26)17(16(2)18(15-25)22(27)31)14-19-23(32)28(24(33)34-19)13-8-9-20(29)30/h14H,3-13H2,1-2H3,(H,29,30). The summed E-state index contributed by atoms with van der Waals surface area (Å²) in [4.78, 5) is 41.3. The van der Waals surface area contributed by atoms with Crippen molar-refractivity contribution in [3.05, 3.63) is 31.9 Å². The first-order valence-electron chi connectivity index (χ1n) is 11.7. The molecule has 2 aliphatic rings. The van der Waals surface area contributed by atoms with E-state index in [0.29, 0.717) is 33.3 Å². The molecular formula is C24H30N4O4S2. The lowest BCUT2D eigenvalue weighted by molar-refractivity contribution is -0.137. The molecule has 0 unspecified atom stereocenters. The molecule has 3 rings (SSSR count). The molecular weight excluding hydrogens is 472 g/mol. The Kier molecular flexibility index (Phi) is 8.91. The lowest BCUT2D eigenvalue weighted by atomic mass is 10.0. The molecule has 0 bridgehead atoms. The maximum atomic E-state index is 13.2. The molecule has 0 aromatic carbocycles. The fraction of sp³-hybridized carbons (Fsp3) is 0.542. The van der Waals surface area contributed by atoms with Gasteiger partial charge < -0.3 is 10.0 Å². The van der Waals surface area contributed by atoms with E-state index in [1.807, 2.05) is 6.92 Å². The SMILES string of the molecule is CCCn1c(N2CCCCCC2)c(C=C2SC(=S)N(CCCC(=O)O)C2=O)c(C)c(C#N)c1=O. The zero-order chi connectivity index (χ0) is 24.8. The van der Waals surface area contributed by atoms with Crippen molar-refractivity contribution in [3.8, 4) is 6.07 Å². The Hall–Kier alpha value is -2.64. The van der Waals surface area contributed by atoms with Gasteiger partial charge in [-0.05, 0) is 44.2 Å². The third kappa shape index (κ3) is 5.53. The molecule has 10 heteroatoms. The molecule has 3 heterocycles. The van der Waals surface area contributed by atoms with Crippen LogP contribution >= 0.6 is 24.0 Å². The van der Waals surface area contributed by atoms with E-state index in [-0.39, 0.29) is 30.0 Å². The topological polar surface area (TPSA) is 107 Å². The van der Waals surface area contributed by atoms with Crippen molar-refractivity contribution in [3.63, 3.8) is 0 Å². The number of hydrogen-bond donors (Lipinski definition) is 1. The minimum atomic E-state index is -0.916. The van der Waals surface area contributed by atoms with Crippen molar-refractivity contribution in [2.45, 2.75) is 65.3 Å². The van der Waals surface area contributed by atoms with Gasteiger partial charge in [-0.2, -0.15) is 5.26 Å². The van der Waals surface area contributed by atoms with Crippen molar-refractivity contribution < 1.29 is 14.7 Å². The summed E-state index contributed by atoms with van der Waals surface area (Å²) in [6.07, 6.45) is 7.07. The van der Waals surface area contributed by atoms with Crippen LogP contribution in [0.25, 0.3) is 6.08 Å². The van der Waals surface area contributed by atoms with Crippen LogP contribution in [0.1, 0.15) is 68.6 Å². The van der Waals surface area contributed by atoms with Crippen molar-refractivity contribution in [2.24, 2.45) is 0 Å². The summed E-state index contributed by atoms with van der Waals surface area (Å²) in [5.74, 6) is -0.421. The summed E-state index contributed by atoms with van der Waals surface area (Å²) in [6.45, 7) is 6.10. The quantitative estimate of drug-likeness (QED) is 0.422. The molecule has 1 N–H and O–H groups in total. The molecule has 8 nitrogen and oxygen atoms in total. The fourth-order valence-electron chi connectivity index (χ4n) is 4.41. The first kappa shape index (κ1) is 26.0. The molecule has 1 aromatic heterocycles. The van der Waals surface area contributed by atoms with Crippen LogP contribution in [-0.4, -0.2) is 50.4 Å². The third-order valence-corrected chi connectivity index (χ3v) is 7.50. The van der Waals surface area contributed by atoms with Gasteiger partial charge in [0.05, 0.1) is 4.91 Å². The Balaban J connectivity index is 2.12. The van der Waals surface area contributed by atoms with Gasteiger partial charge in [-0.1, -0.05) is 43.7 Å². The number of thiocarbonyl (C=S) groups is 1. The predicted octanol–water partition coefficient (Wildman–Crippen LogP) is 3.88. The van der Waals surface area contributed by atoms with E-state index >= 15 is 0 Å². The van der Waals surface area contributed by atoms with Crippen LogP contribution in [0, 0.1) is 18.3 Å². The highest BCUT2D eigenvalue weighted by atomic mass is 32.2. The highest BCUT2D eigenvalue weighted by Crippen LogP contribution is 2.36. The second-order valence-corrected chi connectivity index (χ2v) is 10.2. The molecule has 2 aliphatic heterocycles. The number of thioether (sulfide) groups is 1. The lowest BCUT2D eigenvalue weighted by Gasteiger charge is -2.29. The van der Waals surface area contributed by atoms with E-state index in [2.05, 4.69) is 11.0 Å². The summed E-state index contributed by atoms with van der Waals surface area (Å²) in [5.41, 5.74) is 1.07. The average molecular weight is 503 g/mol. The Bertz CT molecular complexity index is 1110. The third-order valence-electron chi connectivity index (χ3n) is 6.12. The van der Waals surface area contributed by atoms with Gasteiger partial charge in [-0.15, -0.1) is 0 Å². The summed E-state index contributed by atoms with van der Waals surface area (Å²) in [7, 11) is 0. The predicted molar refractivity (Wildman–Crippen MR) is 138 cm³/mol. The number of hydrogen-bond acceptors (Lipinski definition) is 7. The van der Waals surface area contributed by atoms with Gasteiger partial charge in [0.1, 0.15) is 21.8 Å². The molecule has 0 radical (unpaired) electrons. The summed E-state index contributed by atoms with van der Waals surface area (Å²) < 4.78 is 2.08. The summed E-state index contributed by atoms with van der Waals surface area (Å²) in [5, 5.41) is 18.7. The van der Waals surface area contributed by atoms with Crippen LogP contribution in [0.4, 0.5) is 5.82 Å². The van der Waals surface area contributed by atoms with Crippen molar-refractivity contribution in [2.75, 3.05) is 24.5 Å². The van der Waals surface area contributed by atoms with E-state index in [1.54, 1.807) is 17.6 Å². The molecule has 2 fully saturated rings. The summed E-state index contributed by atoms with van der Waals surface area (Å²) >= 11 is 6.57. The Morgan fingerprint density at radius 2 is 1.88 bits per heavy atom. The van der Waals surface area contributed by atoms with Gasteiger partial charge in [0.15, 0.2) is 0 Å². The molecule has 0 spiro atoms. The number of anilines is 1. The highest BCUT2D eigenvalue weighted by molar-refractivity contribution is 8.26. The molecule has 0 aliphatic carbocycles. The number of carboxylic acids is 1. The van der Waals surface area contributed by atoms with Crippen molar-refractivity contribution >= 4 is 52.1 Å². The normalized spacial score (nSPS) is 17.9. The average Bonchev–Trinajstić information content (AvgIpc) is 2.97. The number of nitriles is 1. The number of pyridine rings is 1. The van der Waals surface area contributed by atoms with Crippen LogP contribution in [0.15, 0.2) is 9.70 Å². The lowest BCUT2D eigenvalue weighted by Crippen LogP contribution is -2.35. The molecule has 1 aromatic rings. The number of amides is 1. The van der Waals surface area contributed by atoms with Crippen LogP contribution < -0.4 is 10.5 Å². The largest absolute Gasteiger partial charge is 0.481 e. The molecule has 0 saturated carbocycles. The van der Waals surface area contributed by atoms with Gasteiger partial charge in [0, 0.05) is 38.2 Å². The van der Waals surface area contributed by atoms with E-state index in [0.717, 1.165) is 51.0 Å². The Morgan fingerprint density at radius 3 is 2.47 bits per heavy atom. The highest BCUT2D eigenvalue weighted by Gasteiger charge is 2.33. The number of carboxylic acid groups (broad SMARTS) is 1. The monoisotopic (exact) mass is 502 g/mol. The first-order valence-corrected chi connectivity index (χ1v) is 12.9. The summed E-state index contributed by atoms with van der Waals surface area (Å²) in [6, 6.07) is 2.07. The number of carbonyl (C=O) groups is 2. The van der Waals surface area contributed by atoms with Gasteiger partial charge in [0.25, 0.3) is 11.5 Å². The maximum Gasteiger partial charge on any atom is 0.303 e. The van der Waals surface area contributed by atoms with Crippen molar-refractivity contribution in [1.29, 1.82) is 5.26 Å². The van der Waals surface area contributed by atoms with Crippen molar-refractivity contribution in [1.82, 2.24) is 9.47 Å². The molecule has 2 saturated heterocycles. The van der Waals surface area contributed by atoms with E-state index in [4.69, 9.17) is 17.3 Å². The smallest absolute Gasteiger partial charge is 0.303 e. The van der Waals surface area contributed by atoms with Crippen LogP contribution in [0.3, 0.4) is 0 Å². The molecule has 182 valence electrons. The van der Waals surface area contributed by atoms with Crippen LogP contribution in [0.5, 0.6) is 0 Å². The zero-order valence-electron chi connectivity index (χ0n) is 19.6. The second-order valence-electron chi connectivity index (χ2n) is 8.54. The van der Waals surface area contributed by atoms with Gasteiger partial charge in [-0.25, -0.2) is 0 Å². The van der Waals surface area contributed by atoms with Gasteiger partial charge in [-0.3, -0.25) is 23.9 Å². The number of carbonyl (C=O) groups excluding carboxylic acids is 1. The molecule has 0 atom stereocenters. The Morgan fingerprint density at radius 1 is 1.21 bits per heavy atom. The van der Waals surface area contributed by atoms with Crippen LogP contribution in [0.2, 0.25) is 0 Å². The van der Waals surface area contributed by atoms with E-state index in [1.165, 1.54) is 16.7 Å². The van der Waals surface area contributed by atoms with E-state index < -0.39 is 5.97 Å².